The van der Waals surface area contributed by atoms with Crippen LogP contribution in [0.4, 0.5) is 0 Å². The summed E-state index contributed by atoms with van der Waals surface area (Å²) >= 11 is 1.96. The Morgan fingerprint density at radius 1 is 1.53 bits per heavy atom. The molecule has 0 aliphatic heterocycles. The van der Waals surface area contributed by atoms with Crippen LogP contribution in [0.2, 0.25) is 0 Å². The number of thioether (sulfide) groups is 1. The smallest absolute Gasteiger partial charge is 0.126 e. The fourth-order valence-electron chi connectivity index (χ4n) is 1.49. The number of hydrogen-bond acceptors (Lipinski definition) is 3. The van der Waals surface area contributed by atoms with E-state index in [1.165, 1.54) is 0 Å². The largest absolute Gasteiger partial charge is 0.337 e. The molecule has 0 amide bonds. The summed E-state index contributed by atoms with van der Waals surface area (Å²) in [6, 6.07) is 0.384. The molecule has 1 heterocycles. The number of aryl methyl sites for hydroxylation is 1. The lowest BCUT2D eigenvalue weighted by Crippen LogP contribution is -2.26. The Labute approximate surface area is 96.7 Å². The van der Waals surface area contributed by atoms with Gasteiger partial charge in [-0.3, -0.25) is 0 Å². The third kappa shape index (κ3) is 3.87. The maximum Gasteiger partial charge on any atom is 0.126 e. The fraction of sp³-hybridized carbons (Fsp3) is 0.727. The Bertz CT molecular complexity index is 265. The summed E-state index contributed by atoms with van der Waals surface area (Å²) in [4.78, 5) is 4.41. The van der Waals surface area contributed by atoms with Gasteiger partial charge in [-0.25, -0.2) is 4.98 Å². The second-order valence-corrected chi connectivity index (χ2v) is 4.88. The highest BCUT2D eigenvalue weighted by atomic mass is 32.2. The van der Waals surface area contributed by atoms with Crippen LogP contribution in [0.3, 0.4) is 0 Å². The first-order chi connectivity index (χ1) is 7.29. The van der Waals surface area contributed by atoms with Crippen molar-refractivity contribution in [2.45, 2.75) is 26.3 Å². The normalized spacial score (nSPS) is 13.0. The lowest BCUT2D eigenvalue weighted by Gasteiger charge is -2.17. The highest BCUT2D eigenvalue weighted by molar-refractivity contribution is 7.99. The van der Waals surface area contributed by atoms with E-state index in [1.54, 1.807) is 0 Å². The van der Waals surface area contributed by atoms with Crippen molar-refractivity contribution in [3.63, 3.8) is 0 Å². The minimum absolute atomic E-state index is 0.384. The Balaban J connectivity index is 2.58. The van der Waals surface area contributed by atoms with E-state index in [1.807, 2.05) is 24.2 Å². The van der Waals surface area contributed by atoms with Crippen molar-refractivity contribution in [2.24, 2.45) is 7.05 Å². The molecule has 3 nitrogen and oxygen atoms in total. The molecule has 0 spiro atoms. The van der Waals surface area contributed by atoms with Gasteiger partial charge in [-0.2, -0.15) is 11.8 Å². The number of nitrogens with zero attached hydrogens (tertiary/aromatic N) is 2. The first-order valence-corrected chi connectivity index (χ1v) is 6.73. The molecule has 1 rings (SSSR count). The minimum atomic E-state index is 0.384. The van der Waals surface area contributed by atoms with Crippen LogP contribution in [0.1, 0.15) is 32.1 Å². The molecule has 1 atom stereocenters. The number of nitrogens with one attached hydrogen (secondary N) is 1. The summed E-state index contributed by atoms with van der Waals surface area (Å²) in [6.07, 6.45) is 5.04. The Morgan fingerprint density at radius 3 is 2.87 bits per heavy atom. The maximum atomic E-state index is 4.41. The van der Waals surface area contributed by atoms with Gasteiger partial charge in [-0.05, 0) is 18.7 Å². The molecule has 0 aromatic carbocycles. The van der Waals surface area contributed by atoms with E-state index in [-0.39, 0.29) is 0 Å². The average molecular weight is 227 g/mol. The molecule has 0 radical (unpaired) electrons. The quantitative estimate of drug-likeness (QED) is 0.774. The van der Waals surface area contributed by atoms with Gasteiger partial charge in [0.1, 0.15) is 5.82 Å². The highest BCUT2D eigenvalue weighted by Gasteiger charge is 2.14. The van der Waals surface area contributed by atoms with Crippen molar-refractivity contribution in [3.05, 3.63) is 18.2 Å². The van der Waals surface area contributed by atoms with E-state index in [0.717, 1.165) is 30.3 Å². The molecule has 0 bridgehead atoms. The van der Waals surface area contributed by atoms with E-state index in [2.05, 4.69) is 35.8 Å². The summed E-state index contributed by atoms with van der Waals surface area (Å²) in [5.74, 6) is 3.40. The Kier molecular flexibility index (Phi) is 5.79. The number of aromatic nitrogens is 2. The van der Waals surface area contributed by atoms with Gasteiger partial charge in [0.25, 0.3) is 0 Å². The molecular formula is C11H21N3S. The van der Waals surface area contributed by atoms with Gasteiger partial charge in [0.15, 0.2) is 0 Å². The third-order valence-corrected chi connectivity index (χ3v) is 3.28. The van der Waals surface area contributed by atoms with E-state index < -0.39 is 0 Å². The van der Waals surface area contributed by atoms with Gasteiger partial charge < -0.3 is 9.88 Å². The van der Waals surface area contributed by atoms with Crippen LogP contribution in [-0.4, -0.2) is 27.6 Å². The Hall–Kier alpha value is -0.480. The topological polar surface area (TPSA) is 29.9 Å². The molecule has 0 aliphatic rings. The fourth-order valence-corrected chi connectivity index (χ4v) is 2.23. The zero-order chi connectivity index (χ0) is 11.1. The molecule has 0 fully saturated rings. The van der Waals surface area contributed by atoms with Gasteiger partial charge in [-0.1, -0.05) is 13.8 Å². The van der Waals surface area contributed by atoms with Crippen molar-refractivity contribution in [1.29, 1.82) is 0 Å². The summed E-state index contributed by atoms with van der Waals surface area (Å²) in [5, 5.41) is 3.54. The highest BCUT2D eigenvalue weighted by Crippen LogP contribution is 2.16. The third-order valence-electron chi connectivity index (χ3n) is 2.30. The number of rotatable bonds is 7. The van der Waals surface area contributed by atoms with Crippen molar-refractivity contribution < 1.29 is 0 Å². The molecule has 15 heavy (non-hydrogen) atoms. The van der Waals surface area contributed by atoms with Crippen LogP contribution in [0.5, 0.6) is 0 Å². The SMILES string of the molecule is CCCNC(CSCC)c1nccn1C. The summed E-state index contributed by atoms with van der Waals surface area (Å²) in [5.41, 5.74) is 0. The number of hydrogen-bond donors (Lipinski definition) is 1. The molecule has 1 N–H and O–H groups in total. The van der Waals surface area contributed by atoms with Crippen molar-refractivity contribution in [3.8, 4) is 0 Å². The van der Waals surface area contributed by atoms with Crippen molar-refractivity contribution in [1.82, 2.24) is 14.9 Å². The summed E-state index contributed by atoms with van der Waals surface area (Å²) < 4.78 is 2.10. The van der Waals surface area contributed by atoms with E-state index in [4.69, 9.17) is 0 Å². The molecule has 1 aromatic heterocycles. The average Bonchev–Trinajstić information content (AvgIpc) is 2.65. The lowest BCUT2D eigenvalue weighted by molar-refractivity contribution is 0.535. The van der Waals surface area contributed by atoms with Crippen molar-refractivity contribution in [2.75, 3.05) is 18.1 Å². The monoisotopic (exact) mass is 227 g/mol. The predicted molar refractivity (Wildman–Crippen MR) is 67.2 cm³/mol. The van der Waals surface area contributed by atoms with Crippen LogP contribution in [0.15, 0.2) is 12.4 Å². The second kappa shape index (κ2) is 6.90. The predicted octanol–water partition coefficient (Wildman–Crippen LogP) is 2.21. The molecule has 86 valence electrons. The van der Waals surface area contributed by atoms with Gasteiger partial charge in [0, 0.05) is 25.2 Å². The van der Waals surface area contributed by atoms with Crippen LogP contribution >= 0.6 is 11.8 Å². The van der Waals surface area contributed by atoms with Crippen LogP contribution in [0.25, 0.3) is 0 Å². The van der Waals surface area contributed by atoms with E-state index >= 15 is 0 Å². The molecule has 0 saturated heterocycles. The summed E-state index contributed by atoms with van der Waals surface area (Å²) in [6.45, 7) is 5.44. The minimum Gasteiger partial charge on any atom is -0.337 e. The van der Waals surface area contributed by atoms with Gasteiger partial charge in [-0.15, -0.1) is 0 Å². The maximum absolute atomic E-state index is 4.41. The van der Waals surface area contributed by atoms with E-state index in [9.17, 15) is 0 Å². The first-order valence-electron chi connectivity index (χ1n) is 5.57. The molecule has 4 heteroatoms. The zero-order valence-electron chi connectivity index (χ0n) is 9.86. The Morgan fingerprint density at radius 2 is 2.33 bits per heavy atom. The van der Waals surface area contributed by atoms with Gasteiger partial charge in [0.05, 0.1) is 6.04 Å². The zero-order valence-corrected chi connectivity index (χ0v) is 10.7. The van der Waals surface area contributed by atoms with Gasteiger partial charge in [0.2, 0.25) is 0 Å². The van der Waals surface area contributed by atoms with E-state index in [0.29, 0.717) is 6.04 Å². The number of imidazole rings is 1. The lowest BCUT2D eigenvalue weighted by atomic mass is 10.3. The standard InChI is InChI=1S/C11H21N3S/c1-4-6-12-10(9-15-5-2)11-13-7-8-14(11)3/h7-8,10,12H,4-6,9H2,1-3H3. The molecule has 1 aromatic rings. The molecular weight excluding hydrogens is 206 g/mol. The van der Waals surface area contributed by atoms with Crippen molar-refractivity contribution >= 4 is 11.8 Å². The van der Waals surface area contributed by atoms with Crippen LogP contribution in [0, 0.1) is 0 Å². The molecule has 0 saturated carbocycles. The summed E-state index contributed by atoms with van der Waals surface area (Å²) in [7, 11) is 2.06. The molecule has 0 aliphatic carbocycles. The molecule has 1 unspecified atom stereocenters. The second-order valence-electron chi connectivity index (χ2n) is 3.56. The first kappa shape index (κ1) is 12.6. The van der Waals surface area contributed by atoms with Crippen LogP contribution < -0.4 is 5.32 Å². The van der Waals surface area contributed by atoms with Gasteiger partial charge >= 0.3 is 0 Å². The van der Waals surface area contributed by atoms with Crippen LogP contribution in [-0.2, 0) is 7.05 Å².